The van der Waals surface area contributed by atoms with Gasteiger partial charge in [0.1, 0.15) is 5.56 Å². The molecule has 0 aliphatic rings. The van der Waals surface area contributed by atoms with Crippen LogP contribution < -0.4 is 11.1 Å². The number of rotatable bonds is 8. The van der Waals surface area contributed by atoms with Crippen LogP contribution in [-0.4, -0.2) is 42.7 Å². The van der Waals surface area contributed by atoms with E-state index >= 15 is 0 Å². The predicted octanol–water partition coefficient (Wildman–Crippen LogP) is 1.64. The normalized spacial score (nSPS) is 12.3. The van der Waals surface area contributed by atoms with Crippen molar-refractivity contribution in [3.8, 4) is 0 Å². The highest BCUT2D eigenvalue weighted by Crippen LogP contribution is 2.18. The van der Waals surface area contributed by atoms with Gasteiger partial charge in [-0.05, 0) is 51.7 Å². The van der Waals surface area contributed by atoms with E-state index in [1.54, 1.807) is 4.52 Å². The quantitative estimate of drug-likeness (QED) is 0.584. The highest BCUT2D eigenvalue weighted by atomic mass is 16.1. The molecule has 3 heterocycles. The predicted molar refractivity (Wildman–Crippen MR) is 113 cm³/mol. The maximum Gasteiger partial charge on any atom is 0.254 e. The number of fused-ring (bicyclic) bond motifs is 1. The Morgan fingerprint density at radius 3 is 2.60 bits per heavy atom. The maximum atomic E-state index is 12.4. The van der Waals surface area contributed by atoms with Crippen molar-refractivity contribution >= 4 is 17.5 Å². The lowest BCUT2D eigenvalue weighted by molar-refractivity contribution is -0.121. The number of primary amides is 1. The van der Waals surface area contributed by atoms with E-state index < -0.39 is 5.91 Å². The molecule has 0 aliphatic carbocycles. The molecule has 3 N–H and O–H groups in total. The summed E-state index contributed by atoms with van der Waals surface area (Å²) >= 11 is 0. The van der Waals surface area contributed by atoms with E-state index in [9.17, 15) is 9.59 Å². The second-order valence-corrected chi connectivity index (χ2v) is 7.94. The van der Waals surface area contributed by atoms with Crippen molar-refractivity contribution in [2.75, 3.05) is 6.54 Å². The van der Waals surface area contributed by atoms with Gasteiger partial charge in [0.15, 0.2) is 5.65 Å². The second-order valence-electron chi connectivity index (χ2n) is 7.94. The van der Waals surface area contributed by atoms with Gasteiger partial charge in [0.2, 0.25) is 5.91 Å². The molecular weight excluding hydrogens is 382 g/mol. The summed E-state index contributed by atoms with van der Waals surface area (Å²) in [6.07, 6.45) is 2.33. The Kier molecular flexibility index (Phi) is 6.19. The van der Waals surface area contributed by atoms with E-state index in [0.717, 1.165) is 34.9 Å². The number of nitrogens with one attached hydrogen (secondary N) is 1. The molecule has 30 heavy (non-hydrogen) atoms. The summed E-state index contributed by atoms with van der Waals surface area (Å²) in [6.45, 7) is 11.2. The molecule has 3 rings (SSSR count). The van der Waals surface area contributed by atoms with E-state index in [1.165, 1.54) is 6.20 Å². The van der Waals surface area contributed by atoms with E-state index in [0.29, 0.717) is 30.6 Å². The number of hydrogen-bond donors (Lipinski definition) is 2. The third kappa shape index (κ3) is 4.50. The standard InChI is InChI=1S/C21H29N7O2/c1-12(11-27-14(3)8-13(2)26-27)9-23-19(29)7-6-17-15(4)25-21-18(20(22)30)10-24-28(21)16(17)5/h8,10,12H,6-7,9,11H2,1-5H3,(H2,22,30)(H,23,29). The van der Waals surface area contributed by atoms with Gasteiger partial charge in [0.05, 0.1) is 11.9 Å². The molecule has 1 atom stereocenters. The number of hydrogen-bond acceptors (Lipinski definition) is 5. The molecule has 0 aromatic carbocycles. The molecule has 0 aliphatic heterocycles. The van der Waals surface area contributed by atoms with Gasteiger partial charge in [-0.15, -0.1) is 0 Å². The van der Waals surface area contributed by atoms with Crippen molar-refractivity contribution in [1.82, 2.24) is 29.7 Å². The molecule has 0 fully saturated rings. The Balaban J connectivity index is 1.58. The first-order valence-electron chi connectivity index (χ1n) is 10.1. The average Bonchev–Trinajstić information content (AvgIpc) is 3.22. The average molecular weight is 412 g/mol. The monoisotopic (exact) mass is 411 g/mol. The van der Waals surface area contributed by atoms with Crippen molar-refractivity contribution in [1.29, 1.82) is 0 Å². The summed E-state index contributed by atoms with van der Waals surface area (Å²) in [4.78, 5) is 28.4. The summed E-state index contributed by atoms with van der Waals surface area (Å²) in [5.41, 5.74) is 10.8. The first kappa shape index (κ1) is 21.5. The molecule has 160 valence electrons. The van der Waals surface area contributed by atoms with Crippen molar-refractivity contribution in [2.45, 2.75) is 54.0 Å². The van der Waals surface area contributed by atoms with E-state index in [1.807, 2.05) is 38.4 Å². The van der Waals surface area contributed by atoms with E-state index in [4.69, 9.17) is 5.73 Å². The van der Waals surface area contributed by atoms with Gasteiger partial charge in [-0.2, -0.15) is 10.2 Å². The summed E-state index contributed by atoms with van der Waals surface area (Å²) in [5.74, 6) is -0.296. The fraction of sp³-hybridized carbons (Fsp3) is 0.476. The highest BCUT2D eigenvalue weighted by molar-refractivity contribution is 5.98. The molecular formula is C21H29N7O2. The highest BCUT2D eigenvalue weighted by Gasteiger charge is 2.17. The molecule has 0 bridgehead atoms. The fourth-order valence-corrected chi connectivity index (χ4v) is 3.68. The van der Waals surface area contributed by atoms with Gasteiger partial charge in [0.25, 0.3) is 5.91 Å². The van der Waals surface area contributed by atoms with Crippen LogP contribution in [0.15, 0.2) is 12.3 Å². The fourth-order valence-electron chi connectivity index (χ4n) is 3.68. The van der Waals surface area contributed by atoms with Crippen molar-refractivity contribution in [3.63, 3.8) is 0 Å². The Morgan fingerprint density at radius 2 is 1.97 bits per heavy atom. The zero-order valence-corrected chi connectivity index (χ0v) is 18.2. The number of nitrogens with zero attached hydrogens (tertiary/aromatic N) is 5. The van der Waals surface area contributed by atoms with Crippen LogP contribution in [0.25, 0.3) is 5.65 Å². The lowest BCUT2D eigenvalue weighted by Crippen LogP contribution is -2.30. The van der Waals surface area contributed by atoms with Crippen LogP contribution >= 0.6 is 0 Å². The van der Waals surface area contributed by atoms with E-state index in [2.05, 4.69) is 27.4 Å². The van der Waals surface area contributed by atoms with Crippen LogP contribution in [0.2, 0.25) is 0 Å². The molecule has 9 heteroatoms. The zero-order chi connectivity index (χ0) is 22.0. The third-order valence-corrected chi connectivity index (χ3v) is 5.31. The molecule has 1 unspecified atom stereocenters. The third-order valence-electron chi connectivity index (χ3n) is 5.31. The van der Waals surface area contributed by atoms with E-state index in [-0.39, 0.29) is 11.8 Å². The summed E-state index contributed by atoms with van der Waals surface area (Å²) in [7, 11) is 0. The minimum atomic E-state index is -0.557. The number of aromatic nitrogens is 5. The minimum absolute atomic E-state index is 0.00703. The molecule has 0 spiro atoms. The van der Waals surface area contributed by atoms with Gasteiger partial charge in [0, 0.05) is 36.6 Å². The topological polar surface area (TPSA) is 120 Å². The summed E-state index contributed by atoms with van der Waals surface area (Å²) < 4.78 is 3.58. The Hall–Kier alpha value is -3.23. The van der Waals surface area contributed by atoms with Gasteiger partial charge in [-0.3, -0.25) is 14.3 Å². The largest absolute Gasteiger partial charge is 0.365 e. The lowest BCUT2D eigenvalue weighted by Gasteiger charge is -2.15. The Labute approximate surface area is 175 Å². The summed E-state index contributed by atoms with van der Waals surface area (Å²) in [6, 6.07) is 2.05. The van der Waals surface area contributed by atoms with Crippen LogP contribution in [0.1, 0.15) is 52.0 Å². The van der Waals surface area contributed by atoms with Crippen molar-refractivity contribution in [3.05, 3.63) is 46.2 Å². The first-order chi connectivity index (χ1) is 14.2. The maximum absolute atomic E-state index is 12.4. The van der Waals surface area contributed by atoms with Crippen molar-refractivity contribution in [2.24, 2.45) is 11.7 Å². The van der Waals surface area contributed by atoms with Crippen LogP contribution in [0.3, 0.4) is 0 Å². The lowest BCUT2D eigenvalue weighted by atomic mass is 10.1. The molecule has 0 saturated heterocycles. The van der Waals surface area contributed by atoms with Crippen molar-refractivity contribution < 1.29 is 9.59 Å². The minimum Gasteiger partial charge on any atom is -0.365 e. The number of carbonyl (C=O) groups is 2. The van der Waals surface area contributed by atoms with Crippen LogP contribution in [0.4, 0.5) is 0 Å². The molecule has 2 amide bonds. The number of amides is 2. The van der Waals surface area contributed by atoms with Gasteiger partial charge >= 0.3 is 0 Å². The van der Waals surface area contributed by atoms with Crippen LogP contribution in [0, 0.1) is 33.6 Å². The zero-order valence-electron chi connectivity index (χ0n) is 18.2. The van der Waals surface area contributed by atoms with Gasteiger partial charge < -0.3 is 11.1 Å². The van der Waals surface area contributed by atoms with Gasteiger partial charge in [-0.1, -0.05) is 6.92 Å². The van der Waals surface area contributed by atoms with Crippen LogP contribution in [-0.2, 0) is 17.8 Å². The summed E-state index contributed by atoms with van der Waals surface area (Å²) in [5, 5.41) is 11.7. The smallest absolute Gasteiger partial charge is 0.254 e. The molecule has 0 saturated carbocycles. The van der Waals surface area contributed by atoms with Crippen LogP contribution in [0.5, 0.6) is 0 Å². The SMILES string of the molecule is Cc1cc(C)n(CC(C)CNC(=O)CCc2c(C)nc3c(C(N)=O)cnn3c2C)n1. The Morgan fingerprint density at radius 1 is 1.23 bits per heavy atom. The number of nitrogens with two attached hydrogens (primary N) is 1. The first-order valence-corrected chi connectivity index (χ1v) is 10.1. The molecule has 0 radical (unpaired) electrons. The Bertz CT molecular complexity index is 1100. The molecule has 3 aromatic rings. The molecule has 3 aromatic heterocycles. The second kappa shape index (κ2) is 8.64. The molecule has 9 nitrogen and oxygen atoms in total. The number of carbonyl (C=O) groups excluding carboxylic acids is 2. The van der Waals surface area contributed by atoms with Gasteiger partial charge in [-0.25, -0.2) is 9.50 Å². The number of aryl methyl sites for hydroxylation is 4.